The Morgan fingerprint density at radius 1 is 1.18 bits per heavy atom. The first-order valence-electron chi connectivity index (χ1n) is 10.5. The topological polar surface area (TPSA) is 59.9 Å². The van der Waals surface area contributed by atoms with Crippen molar-refractivity contribution in [1.29, 1.82) is 0 Å². The molecule has 0 amide bonds. The van der Waals surface area contributed by atoms with Gasteiger partial charge in [0.15, 0.2) is 5.96 Å². The van der Waals surface area contributed by atoms with Crippen LogP contribution >= 0.6 is 24.0 Å². The molecule has 7 nitrogen and oxygen atoms in total. The van der Waals surface area contributed by atoms with Crippen molar-refractivity contribution in [1.82, 2.24) is 25.1 Å². The fraction of sp³-hybridized carbons (Fsp3) is 0.750. The van der Waals surface area contributed by atoms with E-state index >= 15 is 0 Å². The van der Waals surface area contributed by atoms with Crippen LogP contribution in [0.2, 0.25) is 0 Å². The lowest BCUT2D eigenvalue weighted by Gasteiger charge is -2.38. The van der Waals surface area contributed by atoms with E-state index < -0.39 is 0 Å². The van der Waals surface area contributed by atoms with Crippen LogP contribution < -0.4 is 10.2 Å². The average molecular weight is 501 g/mol. The third-order valence-electron chi connectivity index (χ3n) is 5.67. The second-order valence-electron chi connectivity index (χ2n) is 7.65. The van der Waals surface area contributed by atoms with Gasteiger partial charge in [-0.15, -0.1) is 24.0 Å². The molecule has 0 bridgehead atoms. The van der Waals surface area contributed by atoms with Crippen molar-refractivity contribution < 1.29 is 0 Å². The Labute approximate surface area is 187 Å². The fourth-order valence-corrected chi connectivity index (χ4v) is 4.10. The van der Waals surface area contributed by atoms with Gasteiger partial charge < -0.3 is 15.1 Å². The summed E-state index contributed by atoms with van der Waals surface area (Å²) in [6.45, 7) is 13.5. The number of nitrogens with zero attached hydrogens (tertiary/aromatic N) is 6. The first kappa shape index (κ1) is 23.1. The molecule has 2 saturated heterocycles. The summed E-state index contributed by atoms with van der Waals surface area (Å²) in [4.78, 5) is 21.0. The Balaban J connectivity index is 0.00000280. The minimum atomic E-state index is 0. The molecule has 2 atom stereocenters. The number of guanidine groups is 1. The van der Waals surface area contributed by atoms with E-state index in [2.05, 4.69) is 50.8 Å². The van der Waals surface area contributed by atoms with Crippen LogP contribution in [0, 0.1) is 0 Å². The van der Waals surface area contributed by atoms with Crippen LogP contribution in [0.1, 0.15) is 40.0 Å². The highest BCUT2D eigenvalue weighted by Crippen LogP contribution is 2.19. The third-order valence-corrected chi connectivity index (χ3v) is 5.67. The molecule has 2 aliphatic heterocycles. The number of hydrogen-bond donors (Lipinski definition) is 1. The molecule has 0 saturated carbocycles. The summed E-state index contributed by atoms with van der Waals surface area (Å²) in [5.41, 5.74) is 0. The highest BCUT2D eigenvalue weighted by molar-refractivity contribution is 14.0. The minimum absolute atomic E-state index is 0. The number of anilines is 1. The minimum Gasteiger partial charge on any atom is -0.357 e. The van der Waals surface area contributed by atoms with Crippen LogP contribution in [0.5, 0.6) is 0 Å². The Morgan fingerprint density at radius 2 is 1.89 bits per heavy atom. The smallest absolute Gasteiger partial charge is 0.225 e. The van der Waals surface area contributed by atoms with Crippen LogP contribution in [0.3, 0.4) is 0 Å². The molecule has 3 heterocycles. The summed E-state index contributed by atoms with van der Waals surface area (Å²) in [5, 5.41) is 3.48. The number of rotatable bonds is 5. The molecule has 8 heteroatoms. The average Bonchev–Trinajstić information content (AvgIpc) is 2.72. The van der Waals surface area contributed by atoms with Crippen molar-refractivity contribution in [3.63, 3.8) is 0 Å². The Bertz CT molecular complexity index is 589. The predicted octanol–water partition coefficient (Wildman–Crippen LogP) is 2.45. The highest BCUT2D eigenvalue weighted by atomic mass is 127. The summed E-state index contributed by atoms with van der Waals surface area (Å²) in [6, 6.07) is 3.04. The number of halogens is 1. The van der Waals surface area contributed by atoms with E-state index in [4.69, 9.17) is 4.99 Å². The van der Waals surface area contributed by atoms with Crippen molar-refractivity contribution in [3.05, 3.63) is 18.5 Å². The van der Waals surface area contributed by atoms with Gasteiger partial charge in [0.1, 0.15) is 0 Å². The van der Waals surface area contributed by atoms with Gasteiger partial charge in [-0.2, -0.15) is 0 Å². The molecule has 2 fully saturated rings. The zero-order valence-corrected chi connectivity index (χ0v) is 19.9. The van der Waals surface area contributed by atoms with Crippen LogP contribution in [-0.4, -0.2) is 83.6 Å². The van der Waals surface area contributed by atoms with Crippen molar-refractivity contribution in [3.8, 4) is 0 Å². The molecule has 158 valence electrons. The maximum absolute atomic E-state index is 4.98. The maximum atomic E-state index is 4.98. The summed E-state index contributed by atoms with van der Waals surface area (Å²) < 4.78 is 0. The SMILES string of the molecule is CCNC(=NCC(C)N1CCCCC1C)N1CCN(c2ncccn2)CC1.I. The summed E-state index contributed by atoms with van der Waals surface area (Å²) in [5.74, 6) is 1.87. The van der Waals surface area contributed by atoms with E-state index in [1.807, 2.05) is 18.5 Å². The van der Waals surface area contributed by atoms with Crippen LogP contribution in [0.25, 0.3) is 0 Å². The number of hydrogen-bond acceptors (Lipinski definition) is 5. The molecule has 3 rings (SSSR count). The van der Waals surface area contributed by atoms with Gasteiger partial charge >= 0.3 is 0 Å². The lowest BCUT2D eigenvalue weighted by molar-refractivity contribution is 0.118. The Hall–Kier alpha value is -1.16. The number of aromatic nitrogens is 2. The first-order chi connectivity index (χ1) is 13.2. The molecule has 0 spiro atoms. The largest absolute Gasteiger partial charge is 0.357 e. The molecule has 1 aromatic rings. The van der Waals surface area contributed by atoms with Crippen LogP contribution in [0.15, 0.2) is 23.5 Å². The molecule has 2 aliphatic rings. The lowest BCUT2D eigenvalue weighted by atomic mass is 10.0. The highest BCUT2D eigenvalue weighted by Gasteiger charge is 2.24. The monoisotopic (exact) mass is 501 g/mol. The van der Waals surface area contributed by atoms with Gasteiger partial charge in [-0.3, -0.25) is 9.89 Å². The summed E-state index contributed by atoms with van der Waals surface area (Å²) >= 11 is 0. The zero-order chi connectivity index (χ0) is 19.1. The van der Waals surface area contributed by atoms with E-state index in [9.17, 15) is 0 Å². The quantitative estimate of drug-likeness (QED) is 0.380. The van der Waals surface area contributed by atoms with E-state index in [0.717, 1.165) is 51.2 Å². The third kappa shape index (κ3) is 6.17. The molecule has 2 unspecified atom stereocenters. The molecule has 0 aromatic carbocycles. The van der Waals surface area contributed by atoms with Gasteiger partial charge in [-0.05, 0) is 46.2 Å². The number of likely N-dealkylation sites (tertiary alicyclic amines) is 1. The maximum Gasteiger partial charge on any atom is 0.225 e. The van der Waals surface area contributed by atoms with Gasteiger partial charge in [0.05, 0.1) is 6.54 Å². The molecule has 1 N–H and O–H groups in total. The second kappa shape index (κ2) is 11.7. The fourth-order valence-electron chi connectivity index (χ4n) is 4.10. The van der Waals surface area contributed by atoms with Crippen LogP contribution in [0.4, 0.5) is 5.95 Å². The molecule has 0 radical (unpaired) electrons. The van der Waals surface area contributed by atoms with E-state index in [-0.39, 0.29) is 24.0 Å². The summed E-state index contributed by atoms with van der Waals surface area (Å²) in [6.07, 6.45) is 7.62. The second-order valence-corrected chi connectivity index (χ2v) is 7.65. The molecular weight excluding hydrogens is 465 g/mol. The van der Waals surface area contributed by atoms with Crippen LogP contribution in [-0.2, 0) is 0 Å². The predicted molar refractivity (Wildman–Crippen MR) is 127 cm³/mol. The molecule has 1 aromatic heterocycles. The van der Waals surface area contributed by atoms with Crippen molar-refractivity contribution in [2.75, 3.05) is 50.7 Å². The van der Waals surface area contributed by atoms with Gasteiger partial charge in [-0.1, -0.05) is 6.42 Å². The molecule has 28 heavy (non-hydrogen) atoms. The number of nitrogens with one attached hydrogen (secondary N) is 1. The number of piperazine rings is 1. The standard InChI is InChI=1S/C20H35N7.HI/c1-4-21-19(24-16-18(3)27-11-6-5-8-17(27)2)25-12-14-26(15-13-25)20-22-9-7-10-23-20;/h7,9-10,17-18H,4-6,8,11-16H2,1-3H3,(H,21,24);1H. The first-order valence-corrected chi connectivity index (χ1v) is 10.5. The van der Waals surface area contributed by atoms with Crippen molar-refractivity contribution in [2.24, 2.45) is 4.99 Å². The van der Waals surface area contributed by atoms with E-state index in [1.54, 1.807) is 0 Å². The van der Waals surface area contributed by atoms with Gasteiger partial charge in [0, 0.05) is 57.2 Å². The Morgan fingerprint density at radius 3 is 2.54 bits per heavy atom. The normalized spacial score (nSPS) is 22.5. The zero-order valence-electron chi connectivity index (χ0n) is 17.5. The van der Waals surface area contributed by atoms with Crippen molar-refractivity contribution in [2.45, 2.75) is 52.1 Å². The van der Waals surface area contributed by atoms with Gasteiger partial charge in [-0.25, -0.2) is 9.97 Å². The Kier molecular flexibility index (Phi) is 9.70. The lowest BCUT2D eigenvalue weighted by Crippen LogP contribution is -2.53. The molecule has 0 aliphatic carbocycles. The molecular formula is C20H36IN7. The van der Waals surface area contributed by atoms with E-state index in [1.165, 1.54) is 25.8 Å². The van der Waals surface area contributed by atoms with E-state index in [0.29, 0.717) is 12.1 Å². The van der Waals surface area contributed by atoms with Crippen molar-refractivity contribution >= 4 is 35.9 Å². The number of aliphatic imine (C=N–C) groups is 1. The summed E-state index contributed by atoms with van der Waals surface area (Å²) in [7, 11) is 0. The van der Waals surface area contributed by atoms with Gasteiger partial charge in [0.25, 0.3) is 0 Å². The van der Waals surface area contributed by atoms with Gasteiger partial charge in [0.2, 0.25) is 5.95 Å². The number of piperidine rings is 1.